The molecule has 2 amide bonds. The molecule has 0 fully saturated rings. The summed E-state index contributed by atoms with van der Waals surface area (Å²) in [5.74, 6) is -1.73. The van der Waals surface area contributed by atoms with E-state index >= 15 is 0 Å². The van der Waals surface area contributed by atoms with Gasteiger partial charge >= 0.3 is 12.1 Å². The molecule has 176 valence electrons. The van der Waals surface area contributed by atoms with Gasteiger partial charge in [-0.25, -0.2) is 4.79 Å². The Morgan fingerprint density at radius 2 is 1.79 bits per heavy atom. The minimum Gasteiger partial charge on any atom is -0.497 e. The molecule has 2 aromatic rings. The minimum absolute atomic E-state index is 0.119. The Hall–Kier alpha value is -3.53. The lowest BCUT2D eigenvalue weighted by atomic mass is 10.2. The Balaban J connectivity index is 1.84. The average Bonchev–Trinajstić information content (AvgIpc) is 2.77. The molecule has 0 aliphatic carbocycles. The molecule has 0 aliphatic heterocycles. The Morgan fingerprint density at radius 3 is 2.39 bits per heavy atom. The molecule has 0 heterocycles. The lowest BCUT2D eigenvalue weighted by molar-refractivity contribution is -0.149. The van der Waals surface area contributed by atoms with Crippen LogP contribution in [0.1, 0.15) is 18.1 Å². The lowest BCUT2D eigenvalue weighted by Crippen LogP contribution is -2.39. The summed E-state index contributed by atoms with van der Waals surface area (Å²) >= 11 is 5.80. The highest BCUT2D eigenvalue weighted by molar-refractivity contribution is 6.33. The van der Waals surface area contributed by atoms with Gasteiger partial charge in [-0.15, -0.1) is 0 Å². The number of benzene rings is 2. The number of ether oxygens (including phenoxy) is 2. The van der Waals surface area contributed by atoms with Crippen molar-refractivity contribution in [1.82, 2.24) is 5.32 Å². The average molecular weight is 485 g/mol. The monoisotopic (exact) mass is 484 g/mol. The van der Waals surface area contributed by atoms with Crippen molar-refractivity contribution in [3.8, 4) is 5.75 Å². The van der Waals surface area contributed by atoms with Crippen LogP contribution in [0.2, 0.25) is 5.02 Å². The van der Waals surface area contributed by atoms with Gasteiger partial charge in [0.05, 0.1) is 23.4 Å². The van der Waals surface area contributed by atoms with Crippen LogP contribution in [-0.4, -0.2) is 37.5 Å². The van der Waals surface area contributed by atoms with Gasteiger partial charge < -0.3 is 20.1 Å². The van der Waals surface area contributed by atoms with Crippen LogP contribution in [0.5, 0.6) is 5.75 Å². The van der Waals surface area contributed by atoms with E-state index in [0.717, 1.165) is 17.7 Å². The van der Waals surface area contributed by atoms with E-state index in [-0.39, 0.29) is 10.7 Å². The number of halogens is 4. The molecule has 11 heteroatoms. The van der Waals surface area contributed by atoms with Crippen molar-refractivity contribution in [2.45, 2.75) is 19.1 Å². The van der Waals surface area contributed by atoms with Gasteiger partial charge in [-0.2, -0.15) is 13.2 Å². The van der Waals surface area contributed by atoms with Gasteiger partial charge in [0.1, 0.15) is 11.8 Å². The van der Waals surface area contributed by atoms with E-state index in [1.165, 1.54) is 26.2 Å². The fourth-order valence-electron chi connectivity index (χ4n) is 2.45. The van der Waals surface area contributed by atoms with Crippen LogP contribution in [0, 0.1) is 0 Å². The molecule has 0 saturated carbocycles. The zero-order chi connectivity index (χ0) is 24.6. The molecule has 0 bridgehead atoms. The smallest absolute Gasteiger partial charge is 0.416 e. The van der Waals surface area contributed by atoms with Gasteiger partial charge in [-0.05, 0) is 48.9 Å². The first-order valence-electron chi connectivity index (χ1n) is 9.45. The van der Waals surface area contributed by atoms with Gasteiger partial charge in [-0.3, -0.25) is 9.59 Å². The highest BCUT2D eigenvalue weighted by atomic mass is 35.5. The molecule has 0 aromatic heterocycles. The van der Waals surface area contributed by atoms with Gasteiger partial charge in [-0.1, -0.05) is 23.7 Å². The maximum atomic E-state index is 12.8. The molecule has 0 saturated heterocycles. The molecule has 0 radical (unpaired) electrons. The summed E-state index contributed by atoms with van der Waals surface area (Å²) in [4.78, 5) is 35.9. The zero-order valence-electron chi connectivity index (χ0n) is 17.5. The topological polar surface area (TPSA) is 93.7 Å². The van der Waals surface area contributed by atoms with E-state index in [1.54, 1.807) is 24.3 Å². The number of carbonyl (C=O) groups is 3. The van der Waals surface area contributed by atoms with E-state index in [2.05, 4.69) is 10.6 Å². The van der Waals surface area contributed by atoms with Crippen LogP contribution < -0.4 is 15.4 Å². The minimum atomic E-state index is -4.62. The molecule has 2 rings (SSSR count). The van der Waals surface area contributed by atoms with Gasteiger partial charge in [0.15, 0.2) is 6.61 Å². The van der Waals surface area contributed by atoms with Crippen LogP contribution in [0.3, 0.4) is 0 Å². The number of rotatable bonds is 8. The maximum Gasteiger partial charge on any atom is 0.416 e. The predicted molar refractivity (Wildman–Crippen MR) is 116 cm³/mol. The summed E-state index contributed by atoms with van der Waals surface area (Å²) in [5, 5.41) is 4.41. The Labute approximate surface area is 192 Å². The number of hydrogen-bond acceptors (Lipinski definition) is 5. The number of amides is 2. The van der Waals surface area contributed by atoms with Crippen molar-refractivity contribution in [1.29, 1.82) is 0 Å². The number of carbonyl (C=O) groups excluding carboxylic acids is 3. The maximum absolute atomic E-state index is 12.8. The first-order chi connectivity index (χ1) is 15.5. The van der Waals surface area contributed by atoms with Crippen LogP contribution in [0.25, 0.3) is 6.08 Å². The van der Waals surface area contributed by atoms with Crippen molar-refractivity contribution >= 4 is 41.1 Å². The largest absolute Gasteiger partial charge is 0.497 e. The summed E-state index contributed by atoms with van der Waals surface area (Å²) in [6.07, 6.45) is -1.88. The highest BCUT2D eigenvalue weighted by Gasteiger charge is 2.31. The summed E-state index contributed by atoms with van der Waals surface area (Å²) in [6, 6.07) is 8.24. The Morgan fingerprint density at radius 1 is 1.12 bits per heavy atom. The first-order valence-corrected chi connectivity index (χ1v) is 9.83. The Bertz CT molecular complexity index is 1040. The van der Waals surface area contributed by atoms with Gasteiger partial charge in [0.25, 0.3) is 5.91 Å². The van der Waals surface area contributed by atoms with Crippen molar-refractivity contribution in [2.24, 2.45) is 0 Å². The second kappa shape index (κ2) is 11.4. The molecular formula is C22H20ClF3N2O5. The number of anilines is 1. The van der Waals surface area contributed by atoms with Crippen LogP contribution in [0.15, 0.2) is 48.5 Å². The number of esters is 1. The molecule has 1 unspecified atom stereocenters. The van der Waals surface area contributed by atoms with E-state index < -0.39 is 42.2 Å². The summed E-state index contributed by atoms with van der Waals surface area (Å²) in [5.41, 5.74) is -0.554. The molecule has 1 atom stereocenters. The fraction of sp³-hybridized carbons (Fsp3) is 0.227. The molecule has 7 nitrogen and oxygen atoms in total. The van der Waals surface area contributed by atoms with Crippen LogP contribution >= 0.6 is 11.6 Å². The summed E-state index contributed by atoms with van der Waals surface area (Å²) < 4.78 is 48.2. The van der Waals surface area contributed by atoms with Crippen LogP contribution in [-0.2, 0) is 25.3 Å². The molecule has 33 heavy (non-hydrogen) atoms. The second-order valence-corrected chi connectivity index (χ2v) is 7.09. The third kappa shape index (κ3) is 8.15. The lowest BCUT2D eigenvalue weighted by Gasteiger charge is -2.13. The number of alkyl halides is 3. The zero-order valence-corrected chi connectivity index (χ0v) is 18.3. The van der Waals surface area contributed by atoms with E-state index in [4.69, 9.17) is 21.1 Å². The quantitative estimate of drug-likeness (QED) is 0.435. The predicted octanol–water partition coefficient (Wildman–Crippen LogP) is 4.07. The number of methoxy groups -OCH3 is 1. The van der Waals surface area contributed by atoms with Crippen molar-refractivity contribution in [3.63, 3.8) is 0 Å². The van der Waals surface area contributed by atoms with Gasteiger partial charge in [0.2, 0.25) is 5.91 Å². The van der Waals surface area contributed by atoms with Crippen molar-refractivity contribution in [3.05, 3.63) is 64.7 Å². The van der Waals surface area contributed by atoms with Gasteiger partial charge in [0, 0.05) is 6.08 Å². The highest BCUT2D eigenvalue weighted by Crippen LogP contribution is 2.33. The Kier molecular flexibility index (Phi) is 8.86. The first kappa shape index (κ1) is 25.7. The number of hydrogen-bond donors (Lipinski definition) is 2. The van der Waals surface area contributed by atoms with E-state index in [1.807, 2.05) is 0 Å². The molecule has 0 aliphatic rings. The molecule has 2 aromatic carbocycles. The summed E-state index contributed by atoms with van der Waals surface area (Å²) in [6.45, 7) is 0.566. The molecule has 0 spiro atoms. The van der Waals surface area contributed by atoms with E-state index in [0.29, 0.717) is 11.8 Å². The SMILES string of the molecule is COc1ccc(C=CC(=O)NC(C)C(=O)OCC(=O)Nc2cc(C(F)(F)F)ccc2Cl)cc1. The third-order valence-corrected chi connectivity index (χ3v) is 4.50. The third-order valence-electron chi connectivity index (χ3n) is 4.17. The molecular weight excluding hydrogens is 465 g/mol. The van der Waals surface area contributed by atoms with Crippen molar-refractivity contribution in [2.75, 3.05) is 19.0 Å². The molecule has 2 N–H and O–H groups in total. The summed E-state index contributed by atoms with van der Waals surface area (Å²) in [7, 11) is 1.53. The number of nitrogens with one attached hydrogen (secondary N) is 2. The fourth-order valence-corrected chi connectivity index (χ4v) is 2.62. The second-order valence-electron chi connectivity index (χ2n) is 6.69. The van der Waals surface area contributed by atoms with Crippen molar-refractivity contribution < 1.29 is 37.0 Å². The van der Waals surface area contributed by atoms with Crippen LogP contribution in [0.4, 0.5) is 18.9 Å². The normalized spacial score (nSPS) is 12.2. The van der Waals surface area contributed by atoms with E-state index in [9.17, 15) is 27.6 Å². The standard InChI is InChI=1S/C22H20ClF3N2O5/c1-13(27-19(29)10-5-14-3-7-16(32-2)8-4-14)21(31)33-12-20(30)28-18-11-15(22(24,25)26)6-9-17(18)23/h3-11,13H,12H2,1-2H3,(H,27,29)(H,28,30).